The molecule has 7 heteroatoms. The van der Waals surface area contributed by atoms with Gasteiger partial charge in [0.2, 0.25) is 0 Å². The van der Waals surface area contributed by atoms with E-state index in [1.165, 1.54) is 0 Å². The molecular formula is C25H33N3O4. The zero-order valence-corrected chi connectivity index (χ0v) is 19.8. The fraction of sp³-hybridized carbons (Fsp3) is 0.640. The summed E-state index contributed by atoms with van der Waals surface area (Å²) in [5.41, 5.74) is -1.09. The number of ether oxygens (including phenoxy) is 3. The van der Waals surface area contributed by atoms with Gasteiger partial charge in [0.1, 0.15) is 25.2 Å². The second-order valence-electron chi connectivity index (χ2n) is 11.3. The van der Waals surface area contributed by atoms with Crippen LogP contribution in [-0.4, -0.2) is 59.2 Å². The average Bonchev–Trinajstić information content (AvgIpc) is 2.93. The van der Waals surface area contributed by atoms with Crippen LogP contribution in [0.2, 0.25) is 0 Å². The Morgan fingerprint density at radius 3 is 1.62 bits per heavy atom. The molecule has 0 spiro atoms. The molecule has 1 aliphatic carbocycles. The Balaban J connectivity index is 1.68. The van der Waals surface area contributed by atoms with Crippen LogP contribution >= 0.6 is 0 Å². The summed E-state index contributed by atoms with van der Waals surface area (Å²) in [6.45, 7) is 13.7. The maximum atomic E-state index is 11.9. The molecule has 0 unspecified atom stereocenters. The average molecular weight is 440 g/mol. The summed E-state index contributed by atoms with van der Waals surface area (Å²) in [5.74, 6) is 1.27. The van der Waals surface area contributed by atoms with Crippen LogP contribution in [-0.2, 0) is 14.2 Å². The van der Waals surface area contributed by atoms with Crippen LogP contribution < -0.4 is 0 Å². The third kappa shape index (κ3) is 3.33. The summed E-state index contributed by atoms with van der Waals surface area (Å²) < 4.78 is 18.4. The largest absolute Gasteiger partial charge is 0.478 e. The molecule has 172 valence electrons. The van der Waals surface area contributed by atoms with Crippen molar-refractivity contribution in [3.05, 3.63) is 35.9 Å². The van der Waals surface area contributed by atoms with Gasteiger partial charge in [0.15, 0.2) is 17.7 Å². The molecule has 0 saturated heterocycles. The fourth-order valence-corrected chi connectivity index (χ4v) is 5.09. The molecular weight excluding hydrogens is 406 g/mol. The summed E-state index contributed by atoms with van der Waals surface area (Å²) >= 11 is 0. The van der Waals surface area contributed by atoms with E-state index in [0.29, 0.717) is 37.5 Å². The smallest absolute Gasteiger partial charge is 0.195 e. The van der Waals surface area contributed by atoms with E-state index in [-0.39, 0.29) is 28.5 Å². The maximum absolute atomic E-state index is 11.9. The van der Waals surface area contributed by atoms with Crippen LogP contribution in [0.5, 0.6) is 0 Å². The molecule has 0 aromatic heterocycles. The van der Waals surface area contributed by atoms with Crippen LogP contribution in [0.3, 0.4) is 0 Å². The molecule has 5 rings (SSSR count). The van der Waals surface area contributed by atoms with Gasteiger partial charge >= 0.3 is 0 Å². The Bertz CT molecular complexity index is 969. The summed E-state index contributed by atoms with van der Waals surface area (Å²) in [7, 11) is 0. The quantitative estimate of drug-likeness (QED) is 0.760. The van der Waals surface area contributed by atoms with Crippen molar-refractivity contribution >= 4 is 17.7 Å². The lowest BCUT2D eigenvalue weighted by molar-refractivity contribution is 0.102. The highest BCUT2D eigenvalue weighted by atomic mass is 16.5. The zero-order chi connectivity index (χ0) is 22.9. The molecule has 0 radical (unpaired) electrons. The first-order valence-electron chi connectivity index (χ1n) is 11.4. The lowest BCUT2D eigenvalue weighted by atomic mass is 9.88. The molecule has 32 heavy (non-hydrogen) atoms. The van der Waals surface area contributed by atoms with Crippen molar-refractivity contribution < 1.29 is 19.3 Å². The predicted molar refractivity (Wildman–Crippen MR) is 123 cm³/mol. The summed E-state index contributed by atoms with van der Waals surface area (Å²) in [6, 6.07) is 9.67. The summed E-state index contributed by atoms with van der Waals surface area (Å²) in [4.78, 5) is 14.7. The fourth-order valence-electron chi connectivity index (χ4n) is 5.09. The van der Waals surface area contributed by atoms with E-state index >= 15 is 0 Å². The summed E-state index contributed by atoms with van der Waals surface area (Å²) in [6.07, 6.45) is -0.878. The lowest BCUT2D eigenvalue weighted by Crippen LogP contribution is -2.31. The van der Waals surface area contributed by atoms with Crippen LogP contribution in [0.25, 0.3) is 0 Å². The van der Waals surface area contributed by atoms with Gasteiger partial charge in [-0.1, -0.05) is 30.3 Å². The molecule has 3 atom stereocenters. The highest BCUT2D eigenvalue weighted by Crippen LogP contribution is 2.69. The molecule has 0 amide bonds. The van der Waals surface area contributed by atoms with Gasteiger partial charge in [0.25, 0.3) is 0 Å². The third-order valence-corrected chi connectivity index (χ3v) is 6.66. The van der Waals surface area contributed by atoms with E-state index in [4.69, 9.17) is 29.2 Å². The minimum absolute atomic E-state index is 0.264. The third-order valence-electron chi connectivity index (χ3n) is 6.66. The van der Waals surface area contributed by atoms with Gasteiger partial charge in [0.05, 0.1) is 34.6 Å². The summed E-state index contributed by atoms with van der Waals surface area (Å²) in [5, 5.41) is 11.9. The minimum Gasteiger partial charge on any atom is -0.478 e. The van der Waals surface area contributed by atoms with Crippen molar-refractivity contribution in [2.24, 2.45) is 32.2 Å². The van der Waals surface area contributed by atoms with Gasteiger partial charge in [0, 0.05) is 0 Å². The van der Waals surface area contributed by atoms with Gasteiger partial charge in [-0.3, -0.25) is 0 Å². The normalized spacial score (nSPS) is 34.5. The van der Waals surface area contributed by atoms with Gasteiger partial charge in [-0.15, -0.1) is 0 Å². The zero-order valence-electron chi connectivity index (χ0n) is 19.8. The van der Waals surface area contributed by atoms with E-state index in [1.807, 2.05) is 71.9 Å². The van der Waals surface area contributed by atoms with Crippen molar-refractivity contribution in [2.75, 3.05) is 19.8 Å². The highest BCUT2D eigenvalue weighted by Gasteiger charge is 2.79. The molecule has 7 nitrogen and oxygen atoms in total. The van der Waals surface area contributed by atoms with Crippen molar-refractivity contribution in [3.8, 4) is 0 Å². The van der Waals surface area contributed by atoms with E-state index in [9.17, 15) is 5.11 Å². The SMILES string of the molecule is CC1(C)COC([C@H]2[C@H](C3=NC(C)(C)CO3)C2(C2=NC(C)(C)CO2)[C@@H](O)c2ccccc2)=N1. The predicted octanol–water partition coefficient (Wildman–Crippen LogP) is 3.57. The molecule has 1 aromatic rings. The lowest BCUT2D eigenvalue weighted by Gasteiger charge is -2.24. The number of aliphatic hydroxyl groups excluding tert-OH is 1. The van der Waals surface area contributed by atoms with Crippen LogP contribution in [0.4, 0.5) is 0 Å². The molecule has 4 aliphatic rings. The molecule has 1 N–H and O–H groups in total. The first-order valence-corrected chi connectivity index (χ1v) is 11.4. The van der Waals surface area contributed by atoms with Crippen LogP contribution in [0.15, 0.2) is 45.3 Å². The number of hydrogen-bond acceptors (Lipinski definition) is 7. The molecule has 1 fully saturated rings. The van der Waals surface area contributed by atoms with Crippen molar-refractivity contribution in [1.29, 1.82) is 0 Å². The Labute approximate surface area is 189 Å². The second-order valence-corrected chi connectivity index (χ2v) is 11.3. The number of aliphatic hydroxyl groups is 1. The van der Waals surface area contributed by atoms with E-state index in [0.717, 1.165) is 5.56 Å². The number of hydrogen-bond donors (Lipinski definition) is 1. The van der Waals surface area contributed by atoms with Gasteiger partial charge in [-0.05, 0) is 47.1 Å². The van der Waals surface area contributed by atoms with Crippen LogP contribution in [0, 0.1) is 17.3 Å². The van der Waals surface area contributed by atoms with Crippen molar-refractivity contribution in [3.63, 3.8) is 0 Å². The second kappa shape index (κ2) is 6.80. The number of aliphatic imine (C=N–C) groups is 3. The highest BCUT2D eigenvalue weighted by molar-refractivity contribution is 6.07. The molecule has 3 aliphatic heterocycles. The Morgan fingerprint density at radius 1 is 0.750 bits per heavy atom. The van der Waals surface area contributed by atoms with E-state index in [1.54, 1.807) is 0 Å². The molecule has 1 saturated carbocycles. The topological polar surface area (TPSA) is 85.0 Å². The number of nitrogens with zero attached hydrogens (tertiary/aromatic N) is 3. The van der Waals surface area contributed by atoms with E-state index < -0.39 is 11.5 Å². The Kier molecular flexibility index (Phi) is 4.55. The minimum atomic E-state index is -0.881. The van der Waals surface area contributed by atoms with Gasteiger partial charge in [-0.25, -0.2) is 15.0 Å². The van der Waals surface area contributed by atoms with Crippen molar-refractivity contribution in [1.82, 2.24) is 0 Å². The van der Waals surface area contributed by atoms with Gasteiger partial charge < -0.3 is 19.3 Å². The number of rotatable bonds is 5. The molecule has 3 heterocycles. The molecule has 0 bridgehead atoms. The first-order chi connectivity index (χ1) is 15.0. The standard InChI is InChI=1S/C25H33N3O4/c1-22(2)12-30-19(26-22)16-17(20-27-23(3,4)13-31-20)25(16,21-28-24(5,6)14-32-21)18(29)15-10-8-7-9-11-15/h7-11,16-18,29H,12-14H2,1-6H3/t16-,17-,18+/m1/s1. The van der Waals surface area contributed by atoms with E-state index in [2.05, 4.69) is 0 Å². The molecule has 1 aromatic carbocycles. The first kappa shape index (κ1) is 21.4. The van der Waals surface area contributed by atoms with Crippen LogP contribution in [0.1, 0.15) is 53.2 Å². The van der Waals surface area contributed by atoms with Crippen molar-refractivity contribution in [2.45, 2.75) is 64.3 Å². The monoisotopic (exact) mass is 439 g/mol. The maximum Gasteiger partial charge on any atom is 0.195 e. The Hall–Kier alpha value is -2.41. The Morgan fingerprint density at radius 2 is 1.22 bits per heavy atom. The van der Waals surface area contributed by atoms with Gasteiger partial charge in [-0.2, -0.15) is 0 Å². The number of benzene rings is 1.